The fourth-order valence-electron chi connectivity index (χ4n) is 6.00. The molecule has 6 nitrogen and oxygen atoms in total. The third-order valence-electron chi connectivity index (χ3n) is 9.48. The van der Waals surface area contributed by atoms with E-state index in [9.17, 15) is 0 Å². The van der Waals surface area contributed by atoms with Crippen molar-refractivity contribution in [3.8, 4) is 0 Å². The van der Waals surface area contributed by atoms with Crippen LogP contribution in [-0.4, -0.2) is 29.3 Å². The number of aromatic nitrogens is 6. The molecule has 0 aliphatic carbocycles. The summed E-state index contributed by atoms with van der Waals surface area (Å²) in [6.45, 7) is 15.4. The summed E-state index contributed by atoms with van der Waals surface area (Å²) in [6, 6.07) is 37.9. The summed E-state index contributed by atoms with van der Waals surface area (Å²) >= 11 is 0. The highest BCUT2D eigenvalue weighted by atomic mass is 15.6. The maximum atomic E-state index is 5.24. The Hall–Kier alpha value is -4.71. The van der Waals surface area contributed by atoms with E-state index in [0.717, 1.165) is 17.1 Å². The predicted molar refractivity (Wildman–Crippen MR) is 177 cm³/mol. The standard InChI is InChI=1S/C38H42N6/c1-35(2,29-17-11-8-12-18-29)32-23-26-42(39-32)38(7,43-27-24-33(40-43)36(3,4)30-19-13-9-14-20-30)44-28-25-34(41-44)37(5,6)31-21-15-10-16-22-31/h8-28H,1-7H3. The normalized spacial score (nSPS) is 12.9. The first-order valence-corrected chi connectivity index (χ1v) is 15.3. The topological polar surface area (TPSA) is 53.5 Å². The lowest BCUT2D eigenvalue weighted by Gasteiger charge is -2.32. The molecule has 6 aromatic rings. The van der Waals surface area contributed by atoms with Crippen molar-refractivity contribution >= 4 is 0 Å². The zero-order chi connectivity index (χ0) is 31.2. The summed E-state index contributed by atoms with van der Waals surface area (Å²) in [5, 5.41) is 15.7. The van der Waals surface area contributed by atoms with Gasteiger partial charge in [0.25, 0.3) is 0 Å². The van der Waals surface area contributed by atoms with Gasteiger partial charge in [-0.2, -0.15) is 15.3 Å². The molecule has 0 fully saturated rings. The lowest BCUT2D eigenvalue weighted by Crippen LogP contribution is -2.47. The number of hydrogen-bond acceptors (Lipinski definition) is 3. The Morgan fingerprint density at radius 2 is 0.614 bits per heavy atom. The van der Waals surface area contributed by atoms with Gasteiger partial charge in [-0.3, -0.25) is 0 Å². The van der Waals surface area contributed by atoms with Crippen LogP contribution in [0.5, 0.6) is 0 Å². The van der Waals surface area contributed by atoms with Crippen LogP contribution in [0.1, 0.15) is 82.2 Å². The quantitative estimate of drug-likeness (QED) is 0.174. The van der Waals surface area contributed by atoms with E-state index in [0.29, 0.717) is 0 Å². The molecule has 0 aliphatic rings. The number of hydrogen-bond donors (Lipinski definition) is 0. The first kappa shape index (κ1) is 29.4. The Labute approximate surface area is 261 Å². The first-order valence-electron chi connectivity index (χ1n) is 15.3. The van der Waals surface area contributed by atoms with Crippen molar-refractivity contribution in [2.45, 2.75) is 70.5 Å². The van der Waals surface area contributed by atoms with E-state index in [1.54, 1.807) is 0 Å². The van der Waals surface area contributed by atoms with Crippen molar-refractivity contribution < 1.29 is 0 Å². The van der Waals surface area contributed by atoms with Crippen LogP contribution in [0, 0.1) is 0 Å². The zero-order valence-electron chi connectivity index (χ0n) is 26.8. The smallest absolute Gasteiger partial charge is 0.225 e. The molecule has 3 aromatic carbocycles. The summed E-state index contributed by atoms with van der Waals surface area (Å²) in [5.41, 5.74) is 5.70. The highest BCUT2D eigenvalue weighted by molar-refractivity contribution is 5.36. The second kappa shape index (κ2) is 10.8. The molecule has 0 saturated heterocycles. The lowest BCUT2D eigenvalue weighted by molar-refractivity contribution is 0.137. The van der Waals surface area contributed by atoms with Crippen molar-refractivity contribution in [3.05, 3.63) is 162 Å². The van der Waals surface area contributed by atoms with Crippen LogP contribution in [-0.2, 0) is 22.0 Å². The van der Waals surface area contributed by atoms with E-state index in [1.807, 2.05) is 50.8 Å². The van der Waals surface area contributed by atoms with Crippen LogP contribution in [0.4, 0.5) is 0 Å². The van der Waals surface area contributed by atoms with Gasteiger partial charge in [0.15, 0.2) is 0 Å². The molecule has 0 N–H and O–H groups in total. The van der Waals surface area contributed by atoms with Gasteiger partial charge in [0, 0.05) is 41.8 Å². The molecule has 0 spiro atoms. The second-order valence-electron chi connectivity index (χ2n) is 13.4. The summed E-state index contributed by atoms with van der Waals surface area (Å²) in [7, 11) is 0. The molecule has 0 bridgehead atoms. The van der Waals surface area contributed by atoms with E-state index in [4.69, 9.17) is 15.3 Å². The third-order valence-corrected chi connectivity index (χ3v) is 9.48. The van der Waals surface area contributed by atoms with Gasteiger partial charge in [0.2, 0.25) is 5.79 Å². The fourth-order valence-corrected chi connectivity index (χ4v) is 6.00. The number of rotatable bonds is 9. The molecule has 0 saturated carbocycles. The average molecular weight is 583 g/mol. The molecule has 0 unspecified atom stereocenters. The van der Waals surface area contributed by atoms with Crippen LogP contribution >= 0.6 is 0 Å². The SMILES string of the molecule is CC(C)(c1ccccc1)c1ccn(C(C)(n2ccc(C(C)(C)c3ccccc3)n2)n2ccc(C(C)(C)c3ccccc3)n2)n1. The van der Waals surface area contributed by atoms with Crippen molar-refractivity contribution in [2.75, 3.05) is 0 Å². The van der Waals surface area contributed by atoms with Gasteiger partial charge in [-0.1, -0.05) is 133 Å². The first-order chi connectivity index (χ1) is 20.9. The van der Waals surface area contributed by atoms with Crippen LogP contribution in [0.25, 0.3) is 0 Å². The Bertz CT molecular complexity index is 1620. The zero-order valence-corrected chi connectivity index (χ0v) is 26.8. The summed E-state index contributed by atoms with van der Waals surface area (Å²) < 4.78 is 5.98. The number of benzene rings is 3. The van der Waals surface area contributed by atoms with Crippen molar-refractivity contribution in [3.63, 3.8) is 0 Å². The van der Waals surface area contributed by atoms with E-state index < -0.39 is 5.79 Å². The maximum absolute atomic E-state index is 5.24. The fraction of sp³-hybridized carbons (Fsp3) is 0.289. The molecule has 0 aliphatic heterocycles. The molecule has 224 valence electrons. The minimum absolute atomic E-state index is 0.289. The summed E-state index contributed by atoms with van der Waals surface area (Å²) in [4.78, 5) is 0. The predicted octanol–water partition coefficient (Wildman–Crippen LogP) is 7.98. The third kappa shape index (κ3) is 4.88. The van der Waals surface area contributed by atoms with Gasteiger partial charge in [-0.05, 0) is 34.9 Å². The molecule has 6 rings (SSSR count). The Morgan fingerprint density at radius 3 is 0.864 bits per heavy atom. The Morgan fingerprint density at radius 1 is 0.364 bits per heavy atom. The van der Waals surface area contributed by atoms with E-state index in [2.05, 4.69) is 139 Å². The van der Waals surface area contributed by atoms with E-state index in [-0.39, 0.29) is 16.2 Å². The molecule has 3 heterocycles. The lowest BCUT2D eigenvalue weighted by atomic mass is 9.82. The van der Waals surface area contributed by atoms with Gasteiger partial charge in [-0.25, -0.2) is 14.0 Å². The van der Waals surface area contributed by atoms with Gasteiger partial charge in [-0.15, -0.1) is 0 Å². The van der Waals surface area contributed by atoms with Crippen molar-refractivity contribution in [1.29, 1.82) is 0 Å². The van der Waals surface area contributed by atoms with Crippen molar-refractivity contribution in [2.24, 2.45) is 0 Å². The van der Waals surface area contributed by atoms with Crippen LogP contribution in [0.3, 0.4) is 0 Å². The molecular formula is C38H42N6. The molecule has 0 radical (unpaired) electrons. The van der Waals surface area contributed by atoms with Crippen molar-refractivity contribution in [1.82, 2.24) is 29.3 Å². The van der Waals surface area contributed by atoms with E-state index >= 15 is 0 Å². The van der Waals surface area contributed by atoms with Gasteiger partial charge < -0.3 is 0 Å². The minimum atomic E-state index is -0.902. The average Bonchev–Trinajstić information content (AvgIpc) is 3.84. The van der Waals surface area contributed by atoms with Crippen LogP contribution in [0.15, 0.2) is 128 Å². The number of nitrogens with zero attached hydrogens (tertiary/aromatic N) is 6. The molecule has 6 heteroatoms. The summed E-state index contributed by atoms with van der Waals surface area (Å²) in [5.74, 6) is -0.902. The monoisotopic (exact) mass is 582 g/mol. The van der Waals surface area contributed by atoms with Gasteiger partial charge in [0.1, 0.15) is 0 Å². The van der Waals surface area contributed by atoms with Crippen LogP contribution < -0.4 is 0 Å². The second-order valence-corrected chi connectivity index (χ2v) is 13.4. The largest absolute Gasteiger partial charge is 0.245 e. The Balaban J connectivity index is 1.48. The highest BCUT2D eigenvalue weighted by Crippen LogP contribution is 2.35. The molecule has 3 aromatic heterocycles. The van der Waals surface area contributed by atoms with E-state index in [1.165, 1.54) is 16.7 Å². The molecule has 44 heavy (non-hydrogen) atoms. The Kier molecular flexibility index (Phi) is 7.19. The van der Waals surface area contributed by atoms with Gasteiger partial charge >= 0.3 is 0 Å². The summed E-state index contributed by atoms with van der Waals surface area (Å²) in [6.07, 6.45) is 6.15. The van der Waals surface area contributed by atoms with Crippen LogP contribution in [0.2, 0.25) is 0 Å². The molecule has 0 atom stereocenters. The maximum Gasteiger partial charge on any atom is 0.245 e. The van der Waals surface area contributed by atoms with Gasteiger partial charge in [0.05, 0.1) is 17.1 Å². The molecular weight excluding hydrogens is 540 g/mol. The molecule has 0 amide bonds. The highest BCUT2D eigenvalue weighted by Gasteiger charge is 2.38. The minimum Gasteiger partial charge on any atom is -0.225 e.